The van der Waals surface area contributed by atoms with E-state index in [2.05, 4.69) is 21.2 Å². The van der Waals surface area contributed by atoms with Crippen LogP contribution in [0.3, 0.4) is 0 Å². The van der Waals surface area contributed by atoms with E-state index in [1.807, 2.05) is 0 Å². The number of furan rings is 1. The molecule has 1 rings (SSSR count). The van der Waals surface area contributed by atoms with Gasteiger partial charge in [-0.25, -0.2) is 4.79 Å². The number of carboxylic acids is 1. The molecule has 0 radical (unpaired) electrons. The highest BCUT2D eigenvalue weighted by Gasteiger charge is 2.25. The monoisotopic (exact) mass is 289 g/mol. The first-order chi connectivity index (χ1) is 7.41. The minimum atomic E-state index is -1.06. The summed E-state index contributed by atoms with van der Waals surface area (Å²) >= 11 is 3.06. The maximum atomic E-state index is 11.6. The first-order valence-corrected chi connectivity index (χ1v) is 5.50. The van der Waals surface area contributed by atoms with E-state index in [0.717, 1.165) is 0 Å². The van der Waals surface area contributed by atoms with Crippen molar-refractivity contribution >= 4 is 27.8 Å². The summed E-state index contributed by atoms with van der Waals surface area (Å²) < 4.78 is 5.44. The van der Waals surface area contributed by atoms with Crippen molar-refractivity contribution in [1.82, 2.24) is 5.32 Å². The van der Waals surface area contributed by atoms with Gasteiger partial charge in [0.1, 0.15) is 6.04 Å². The maximum absolute atomic E-state index is 11.6. The number of carbonyl (C=O) groups excluding carboxylic acids is 1. The zero-order chi connectivity index (χ0) is 12.3. The van der Waals surface area contributed by atoms with Crippen LogP contribution in [0.2, 0.25) is 0 Å². The van der Waals surface area contributed by atoms with Gasteiger partial charge in [0, 0.05) is 0 Å². The van der Waals surface area contributed by atoms with Gasteiger partial charge in [-0.15, -0.1) is 0 Å². The topological polar surface area (TPSA) is 79.5 Å². The Kier molecular flexibility index (Phi) is 4.12. The molecule has 88 valence electrons. The SMILES string of the molecule is CC(C)[C@@H](NC(=O)c1ccc(Br)o1)C(=O)O. The van der Waals surface area contributed by atoms with Crippen LogP contribution >= 0.6 is 15.9 Å². The van der Waals surface area contributed by atoms with Gasteiger partial charge >= 0.3 is 5.97 Å². The minimum Gasteiger partial charge on any atom is -0.480 e. The van der Waals surface area contributed by atoms with Crippen molar-refractivity contribution in [1.29, 1.82) is 0 Å². The highest BCUT2D eigenvalue weighted by molar-refractivity contribution is 9.10. The molecule has 2 N–H and O–H groups in total. The maximum Gasteiger partial charge on any atom is 0.326 e. The molecular formula is C10H12BrNO4. The Morgan fingerprint density at radius 3 is 2.44 bits per heavy atom. The Labute approximate surface area is 101 Å². The predicted octanol–water partition coefficient (Wildman–Crippen LogP) is 1.88. The molecule has 0 aromatic carbocycles. The molecule has 16 heavy (non-hydrogen) atoms. The van der Waals surface area contributed by atoms with Crippen molar-refractivity contribution in [2.45, 2.75) is 19.9 Å². The van der Waals surface area contributed by atoms with Gasteiger partial charge in [-0.05, 0) is 34.0 Å². The third-order valence-electron chi connectivity index (χ3n) is 2.02. The number of amides is 1. The van der Waals surface area contributed by atoms with E-state index < -0.39 is 17.9 Å². The summed E-state index contributed by atoms with van der Waals surface area (Å²) in [5.74, 6) is -1.71. The van der Waals surface area contributed by atoms with Gasteiger partial charge in [0.15, 0.2) is 10.4 Å². The lowest BCUT2D eigenvalue weighted by molar-refractivity contribution is -0.140. The number of nitrogens with one attached hydrogen (secondary N) is 1. The molecule has 0 saturated heterocycles. The highest BCUT2D eigenvalue weighted by atomic mass is 79.9. The lowest BCUT2D eigenvalue weighted by Crippen LogP contribution is -2.44. The molecule has 1 aromatic rings. The number of hydrogen-bond donors (Lipinski definition) is 2. The fourth-order valence-corrected chi connectivity index (χ4v) is 1.47. The summed E-state index contributed by atoms with van der Waals surface area (Å²) in [6, 6.07) is 2.12. The fourth-order valence-electron chi connectivity index (χ4n) is 1.16. The third-order valence-corrected chi connectivity index (χ3v) is 2.44. The molecule has 0 saturated carbocycles. The Hall–Kier alpha value is -1.30. The van der Waals surface area contributed by atoms with Crippen molar-refractivity contribution in [3.05, 3.63) is 22.6 Å². The van der Waals surface area contributed by atoms with Gasteiger partial charge < -0.3 is 14.8 Å². The molecule has 5 nitrogen and oxygen atoms in total. The summed E-state index contributed by atoms with van der Waals surface area (Å²) in [4.78, 5) is 22.4. The van der Waals surface area contributed by atoms with Crippen molar-refractivity contribution < 1.29 is 19.1 Å². The Bertz CT molecular complexity index is 399. The van der Waals surface area contributed by atoms with E-state index in [4.69, 9.17) is 9.52 Å². The molecule has 0 unspecified atom stereocenters. The van der Waals surface area contributed by atoms with Gasteiger partial charge in [0.2, 0.25) is 0 Å². The number of hydrogen-bond acceptors (Lipinski definition) is 3. The zero-order valence-electron chi connectivity index (χ0n) is 8.86. The van der Waals surface area contributed by atoms with Gasteiger partial charge in [-0.2, -0.15) is 0 Å². The van der Waals surface area contributed by atoms with Crippen molar-refractivity contribution in [2.75, 3.05) is 0 Å². The van der Waals surface area contributed by atoms with Crippen LogP contribution < -0.4 is 5.32 Å². The quantitative estimate of drug-likeness (QED) is 0.887. The standard InChI is InChI=1S/C10H12BrNO4/c1-5(2)8(10(14)15)12-9(13)6-3-4-7(11)16-6/h3-5,8H,1-2H3,(H,12,13)(H,14,15)/t8-/m1/s1. The second kappa shape index (κ2) is 5.16. The highest BCUT2D eigenvalue weighted by Crippen LogP contribution is 2.14. The third kappa shape index (κ3) is 3.10. The Morgan fingerprint density at radius 1 is 1.44 bits per heavy atom. The van der Waals surface area contributed by atoms with E-state index in [1.54, 1.807) is 19.9 Å². The molecule has 0 fully saturated rings. The molecule has 1 amide bonds. The van der Waals surface area contributed by atoms with E-state index in [-0.39, 0.29) is 11.7 Å². The van der Waals surface area contributed by atoms with Crippen LogP contribution in [0.15, 0.2) is 21.2 Å². The molecule has 0 aliphatic rings. The Morgan fingerprint density at radius 2 is 2.06 bits per heavy atom. The lowest BCUT2D eigenvalue weighted by atomic mass is 10.0. The van der Waals surface area contributed by atoms with Gasteiger partial charge in [-0.3, -0.25) is 4.79 Å². The summed E-state index contributed by atoms with van der Waals surface area (Å²) in [6.45, 7) is 3.44. The smallest absolute Gasteiger partial charge is 0.326 e. The predicted molar refractivity (Wildman–Crippen MR) is 60.1 cm³/mol. The summed E-state index contributed by atoms with van der Waals surface area (Å²) in [5.41, 5.74) is 0. The van der Waals surface area contributed by atoms with Crippen LogP contribution in [0, 0.1) is 5.92 Å². The van der Waals surface area contributed by atoms with E-state index in [1.165, 1.54) is 6.07 Å². The minimum absolute atomic E-state index is 0.0822. The molecule has 0 spiro atoms. The zero-order valence-corrected chi connectivity index (χ0v) is 10.4. The molecule has 0 bridgehead atoms. The Balaban J connectivity index is 2.73. The number of carbonyl (C=O) groups is 2. The summed E-state index contributed by atoms with van der Waals surface area (Å²) in [7, 11) is 0. The van der Waals surface area contributed by atoms with Crippen LogP contribution in [0.4, 0.5) is 0 Å². The molecule has 1 atom stereocenters. The second-order valence-corrected chi connectivity index (χ2v) is 4.42. The number of aliphatic carboxylic acids is 1. The summed E-state index contributed by atoms with van der Waals surface area (Å²) in [5, 5.41) is 11.3. The van der Waals surface area contributed by atoms with Crippen molar-refractivity contribution in [3.8, 4) is 0 Å². The molecule has 0 aliphatic heterocycles. The number of rotatable bonds is 4. The van der Waals surface area contributed by atoms with Crippen LogP contribution in [0.5, 0.6) is 0 Å². The van der Waals surface area contributed by atoms with Gasteiger partial charge in [-0.1, -0.05) is 13.8 Å². The lowest BCUT2D eigenvalue weighted by Gasteiger charge is -2.16. The normalized spacial score (nSPS) is 12.5. The average molecular weight is 290 g/mol. The largest absolute Gasteiger partial charge is 0.480 e. The molecule has 1 aromatic heterocycles. The molecule has 1 heterocycles. The van der Waals surface area contributed by atoms with E-state index in [9.17, 15) is 9.59 Å². The second-order valence-electron chi connectivity index (χ2n) is 3.64. The van der Waals surface area contributed by atoms with Crippen LogP contribution in [0.25, 0.3) is 0 Å². The van der Waals surface area contributed by atoms with Crippen molar-refractivity contribution in [2.24, 2.45) is 5.92 Å². The molecule has 6 heteroatoms. The fraction of sp³-hybridized carbons (Fsp3) is 0.400. The molecule has 0 aliphatic carbocycles. The van der Waals surface area contributed by atoms with E-state index >= 15 is 0 Å². The first-order valence-electron chi connectivity index (χ1n) is 4.71. The van der Waals surface area contributed by atoms with E-state index in [0.29, 0.717) is 4.67 Å². The van der Waals surface area contributed by atoms with Crippen molar-refractivity contribution in [3.63, 3.8) is 0 Å². The van der Waals surface area contributed by atoms with Gasteiger partial charge in [0.05, 0.1) is 0 Å². The number of carboxylic acid groups (broad SMARTS) is 1. The molecular weight excluding hydrogens is 278 g/mol. The van der Waals surface area contributed by atoms with Crippen LogP contribution in [-0.4, -0.2) is 23.0 Å². The average Bonchev–Trinajstić information content (AvgIpc) is 2.59. The summed E-state index contributed by atoms with van der Waals surface area (Å²) in [6.07, 6.45) is 0. The van der Waals surface area contributed by atoms with Crippen LogP contribution in [-0.2, 0) is 4.79 Å². The van der Waals surface area contributed by atoms with Crippen LogP contribution in [0.1, 0.15) is 24.4 Å². The van der Waals surface area contributed by atoms with Gasteiger partial charge in [0.25, 0.3) is 5.91 Å². The first kappa shape index (κ1) is 12.8. The number of halogens is 1.